The fourth-order valence-electron chi connectivity index (χ4n) is 3.62. The van der Waals surface area contributed by atoms with Gasteiger partial charge < -0.3 is 19.5 Å². The summed E-state index contributed by atoms with van der Waals surface area (Å²) in [7, 11) is 0. The number of nitrogens with zero attached hydrogens (tertiary/aromatic N) is 1. The van der Waals surface area contributed by atoms with Crippen molar-refractivity contribution >= 4 is 28.9 Å². The molecule has 0 atom stereocenters. The van der Waals surface area contributed by atoms with Crippen LogP contribution in [-0.2, 0) is 6.54 Å². The average Bonchev–Trinajstić information content (AvgIpc) is 2.74. The number of halogens is 1. The number of ether oxygens (including phenoxy) is 2. The van der Waals surface area contributed by atoms with E-state index in [-0.39, 0.29) is 5.75 Å². The highest BCUT2D eigenvalue weighted by molar-refractivity contribution is 6.30. The first-order valence-corrected chi connectivity index (χ1v) is 9.47. The van der Waals surface area contributed by atoms with E-state index in [1.165, 1.54) is 0 Å². The van der Waals surface area contributed by atoms with Crippen LogP contribution >= 0.6 is 11.6 Å². The molecule has 0 radical (unpaired) electrons. The number of anilines is 1. The van der Waals surface area contributed by atoms with E-state index in [0.717, 1.165) is 44.5 Å². The van der Waals surface area contributed by atoms with Gasteiger partial charge in [0.05, 0.1) is 12.1 Å². The third kappa shape index (κ3) is 3.06. The molecule has 0 spiro atoms. The second-order valence-corrected chi connectivity index (χ2v) is 7.35. The standard InChI is InChI=1S/C23H18ClNO3/c24-18-4-6-19(7-5-18)25-12-21-22(28-14-25)10-3-16-11-17(13-27-23(16)21)15-1-8-20(26)9-2-15/h1-11,26H,12-14H2. The first-order valence-electron chi connectivity index (χ1n) is 9.09. The molecule has 0 aliphatic carbocycles. The number of hydrogen-bond donors (Lipinski definition) is 1. The van der Waals surface area contributed by atoms with Crippen molar-refractivity contribution in [2.75, 3.05) is 18.2 Å². The lowest BCUT2D eigenvalue weighted by molar-refractivity contribution is 0.280. The summed E-state index contributed by atoms with van der Waals surface area (Å²) < 4.78 is 12.1. The Morgan fingerprint density at radius 2 is 1.68 bits per heavy atom. The summed E-state index contributed by atoms with van der Waals surface area (Å²) in [6, 6.07) is 19.0. The molecule has 2 heterocycles. The second-order valence-electron chi connectivity index (χ2n) is 6.91. The molecular formula is C23H18ClNO3. The summed E-state index contributed by atoms with van der Waals surface area (Å²) in [6.45, 7) is 1.68. The van der Waals surface area contributed by atoms with Crippen molar-refractivity contribution in [2.24, 2.45) is 0 Å². The van der Waals surface area contributed by atoms with E-state index in [0.29, 0.717) is 19.9 Å². The van der Waals surface area contributed by atoms with Crippen LogP contribution in [0.15, 0.2) is 60.7 Å². The molecule has 5 rings (SSSR count). The lowest BCUT2D eigenvalue weighted by Gasteiger charge is -2.33. The van der Waals surface area contributed by atoms with Crippen LogP contribution in [0.1, 0.15) is 16.7 Å². The minimum Gasteiger partial charge on any atom is -0.508 e. The molecule has 2 aliphatic heterocycles. The number of benzene rings is 3. The highest BCUT2D eigenvalue weighted by atomic mass is 35.5. The van der Waals surface area contributed by atoms with Crippen molar-refractivity contribution in [2.45, 2.75) is 6.54 Å². The Bertz CT molecular complexity index is 1060. The first kappa shape index (κ1) is 17.0. The first-order chi connectivity index (χ1) is 13.7. The van der Waals surface area contributed by atoms with Gasteiger partial charge in [0.15, 0.2) is 6.73 Å². The van der Waals surface area contributed by atoms with E-state index >= 15 is 0 Å². The van der Waals surface area contributed by atoms with E-state index < -0.39 is 0 Å². The minimum absolute atomic E-state index is 0.259. The molecule has 0 unspecified atom stereocenters. The van der Waals surface area contributed by atoms with E-state index in [9.17, 15) is 5.11 Å². The van der Waals surface area contributed by atoms with Crippen molar-refractivity contribution < 1.29 is 14.6 Å². The quantitative estimate of drug-likeness (QED) is 0.640. The number of phenolic OH excluding ortho intramolecular Hbond substituents is 1. The van der Waals surface area contributed by atoms with Crippen LogP contribution in [0.5, 0.6) is 17.2 Å². The van der Waals surface area contributed by atoms with Gasteiger partial charge >= 0.3 is 0 Å². The summed E-state index contributed by atoms with van der Waals surface area (Å²) >= 11 is 6.01. The zero-order chi connectivity index (χ0) is 19.1. The third-order valence-electron chi connectivity index (χ3n) is 5.10. The topological polar surface area (TPSA) is 41.9 Å². The number of rotatable bonds is 2. The summed E-state index contributed by atoms with van der Waals surface area (Å²) in [4.78, 5) is 2.15. The van der Waals surface area contributed by atoms with Crippen molar-refractivity contribution in [1.29, 1.82) is 0 Å². The molecule has 140 valence electrons. The second kappa shape index (κ2) is 6.80. The van der Waals surface area contributed by atoms with Crippen LogP contribution in [0.25, 0.3) is 11.6 Å². The average molecular weight is 392 g/mol. The molecule has 4 nitrogen and oxygen atoms in total. The Balaban J connectivity index is 1.48. The summed E-state index contributed by atoms with van der Waals surface area (Å²) in [5, 5.41) is 10.2. The molecule has 3 aromatic rings. The fourth-order valence-corrected chi connectivity index (χ4v) is 3.75. The highest BCUT2D eigenvalue weighted by Gasteiger charge is 2.25. The molecule has 0 aromatic heterocycles. The molecule has 3 aromatic carbocycles. The van der Waals surface area contributed by atoms with Gasteiger partial charge in [0, 0.05) is 16.3 Å². The Labute approximate surface area is 168 Å². The smallest absolute Gasteiger partial charge is 0.161 e. The molecule has 0 fully saturated rings. The van der Waals surface area contributed by atoms with Crippen LogP contribution in [0.2, 0.25) is 5.02 Å². The van der Waals surface area contributed by atoms with Crippen molar-refractivity contribution in [3.8, 4) is 17.2 Å². The van der Waals surface area contributed by atoms with Crippen molar-refractivity contribution in [1.82, 2.24) is 0 Å². The Morgan fingerprint density at radius 3 is 2.46 bits per heavy atom. The lowest BCUT2D eigenvalue weighted by Crippen LogP contribution is -2.32. The zero-order valence-electron chi connectivity index (χ0n) is 15.1. The van der Waals surface area contributed by atoms with E-state index in [4.69, 9.17) is 21.1 Å². The molecule has 1 N–H and O–H groups in total. The molecule has 5 heteroatoms. The Hall–Kier alpha value is -3.11. The van der Waals surface area contributed by atoms with Crippen molar-refractivity contribution in [3.05, 3.63) is 82.4 Å². The monoisotopic (exact) mass is 391 g/mol. The summed E-state index contributed by atoms with van der Waals surface area (Å²) in [5.41, 5.74) is 5.28. The predicted octanol–water partition coefficient (Wildman–Crippen LogP) is 5.34. The lowest BCUT2D eigenvalue weighted by atomic mass is 9.98. The van der Waals surface area contributed by atoms with Gasteiger partial charge in [-0.1, -0.05) is 23.7 Å². The number of hydrogen-bond acceptors (Lipinski definition) is 4. The zero-order valence-corrected chi connectivity index (χ0v) is 15.8. The summed E-state index contributed by atoms with van der Waals surface area (Å²) in [6.07, 6.45) is 2.15. The predicted molar refractivity (Wildman–Crippen MR) is 111 cm³/mol. The third-order valence-corrected chi connectivity index (χ3v) is 5.36. The Morgan fingerprint density at radius 1 is 0.893 bits per heavy atom. The molecule has 0 bridgehead atoms. The highest BCUT2D eigenvalue weighted by Crippen LogP contribution is 2.41. The van der Waals surface area contributed by atoms with Crippen LogP contribution in [0, 0.1) is 0 Å². The molecule has 0 saturated carbocycles. The van der Waals surface area contributed by atoms with E-state index in [2.05, 4.69) is 11.0 Å². The maximum absolute atomic E-state index is 9.50. The molecular weight excluding hydrogens is 374 g/mol. The Kier molecular flexibility index (Phi) is 4.14. The minimum atomic E-state index is 0.259. The normalized spacial score (nSPS) is 15.0. The number of phenols is 1. The van der Waals surface area contributed by atoms with Crippen LogP contribution < -0.4 is 14.4 Å². The van der Waals surface area contributed by atoms with E-state index in [1.807, 2.05) is 48.5 Å². The van der Waals surface area contributed by atoms with Gasteiger partial charge in [-0.25, -0.2) is 0 Å². The van der Waals surface area contributed by atoms with Crippen LogP contribution in [0.4, 0.5) is 5.69 Å². The van der Waals surface area contributed by atoms with Crippen LogP contribution in [-0.4, -0.2) is 18.4 Å². The number of aromatic hydroxyl groups is 1. The van der Waals surface area contributed by atoms with Gasteiger partial charge in [0.25, 0.3) is 0 Å². The van der Waals surface area contributed by atoms with Gasteiger partial charge in [0.1, 0.15) is 23.9 Å². The molecule has 0 amide bonds. The van der Waals surface area contributed by atoms with Crippen molar-refractivity contribution in [3.63, 3.8) is 0 Å². The molecule has 0 saturated heterocycles. The van der Waals surface area contributed by atoms with Crippen LogP contribution in [0.3, 0.4) is 0 Å². The summed E-state index contributed by atoms with van der Waals surface area (Å²) in [5.74, 6) is 2.00. The van der Waals surface area contributed by atoms with Gasteiger partial charge in [-0.15, -0.1) is 0 Å². The van der Waals surface area contributed by atoms with Gasteiger partial charge in [0.2, 0.25) is 0 Å². The largest absolute Gasteiger partial charge is 0.508 e. The van der Waals surface area contributed by atoms with Gasteiger partial charge in [-0.3, -0.25) is 0 Å². The number of fused-ring (bicyclic) bond motifs is 3. The van der Waals surface area contributed by atoms with Gasteiger partial charge in [-0.05, 0) is 65.7 Å². The van der Waals surface area contributed by atoms with Gasteiger partial charge in [-0.2, -0.15) is 0 Å². The SMILES string of the molecule is Oc1ccc(C2=Cc3ccc4c(c3OC2)CN(c2ccc(Cl)cc2)CO4)cc1. The fraction of sp³-hybridized carbons (Fsp3) is 0.130. The molecule has 28 heavy (non-hydrogen) atoms. The maximum atomic E-state index is 9.50. The molecule has 2 aliphatic rings. The maximum Gasteiger partial charge on any atom is 0.161 e. The van der Waals surface area contributed by atoms with E-state index in [1.54, 1.807) is 12.1 Å².